The molecule has 0 saturated carbocycles. The zero-order valence-electron chi connectivity index (χ0n) is 21.9. The van der Waals surface area contributed by atoms with Crippen molar-refractivity contribution in [2.24, 2.45) is 0 Å². The van der Waals surface area contributed by atoms with Crippen LogP contribution >= 0.6 is 18.7 Å². The van der Waals surface area contributed by atoms with Crippen molar-refractivity contribution in [1.29, 1.82) is 0 Å². The largest absolute Gasteiger partial charge is 0.495 e. The second-order valence-electron chi connectivity index (χ2n) is 9.54. The van der Waals surface area contributed by atoms with E-state index in [0.29, 0.717) is 23.4 Å². The van der Waals surface area contributed by atoms with E-state index in [0.717, 1.165) is 17.7 Å². The first-order valence-electron chi connectivity index (χ1n) is 11.9. The molecule has 0 radical (unpaired) electrons. The third-order valence-electron chi connectivity index (χ3n) is 6.00. The number of aromatic nitrogens is 2. The van der Waals surface area contributed by atoms with Crippen LogP contribution in [0.15, 0.2) is 36.5 Å². The van der Waals surface area contributed by atoms with Crippen LogP contribution in [0, 0.1) is 0 Å². The van der Waals surface area contributed by atoms with Crippen molar-refractivity contribution in [3.8, 4) is 11.5 Å². The first-order chi connectivity index (χ1) is 19.0. The molecule has 0 saturated heterocycles. The van der Waals surface area contributed by atoms with Gasteiger partial charge >= 0.3 is 16.7 Å². The van der Waals surface area contributed by atoms with Crippen molar-refractivity contribution in [3.63, 3.8) is 0 Å². The zero-order valence-corrected chi connectivity index (χ0v) is 24.4. The van der Waals surface area contributed by atoms with E-state index in [1.54, 1.807) is 12.1 Å². The number of nitrogens with one attached hydrogen (secondary N) is 2. The van der Waals surface area contributed by atoms with Gasteiger partial charge < -0.3 is 24.1 Å². The smallest absolute Gasteiger partial charge is 0.488 e. The van der Waals surface area contributed by atoms with Crippen LogP contribution in [0.1, 0.15) is 11.1 Å². The van der Waals surface area contributed by atoms with E-state index < -0.39 is 30.4 Å². The fraction of sp³-hybridized carbons (Fsp3) is 0.333. The highest BCUT2D eigenvalue weighted by Gasteiger charge is 2.32. The quantitative estimate of drug-likeness (QED) is 0.179. The number of methoxy groups -OCH3 is 1. The molecule has 2 aromatic carbocycles. The van der Waals surface area contributed by atoms with Gasteiger partial charge in [0.2, 0.25) is 5.95 Å². The molecule has 0 atom stereocenters. The van der Waals surface area contributed by atoms with Gasteiger partial charge in [0.05, 0.1) is 31.2 Å². The van der Waals surface area contributed by atoms with Crippen LogP contribution in [0.4, 0.5) is 40.2 Å². The van der Waals surface area contributed by atoms with Gasteiger partial charge in [0.25, 0.3) is 0 Å². The minimum atomic E-state index is -5.30. The van der Waals surface area contributed by atoms with Crippen LogP contribution in [0.3, 0.4) is 0 Å². The van der Waals surface area contributed by atoms with E-state index >= 15 is 0 Å². The number of hydrogen-bond donors (Lipinski definition) is 2. The number of halogens is 5. The van der Waals surface area contributed by atoms with Gasteiger partial charge in [-0.25, -0.2) is 4.98 Å². The molecule has 222 valence electrons. The summed E-state index contributed by atoms with van der Waals surface area (Å²) in [7, 11) is -6.90. The zero-order chi connectivity index (χ0) is 30.2. The van der Waals surface area contributed by atoms with Gasteiger partial charge in [0, 0.05) is 18.4 Å². The lowest BCUT2D eigenvalue weighted by atomic mass is 9.98. The molecule has 4 rings (SSSR count). The molecule has 2 N–H and O–H groups in total. The number of alkyl halides is 3. The summed E-state index contributed by atoms with van der Waals surface area (Å²) in [5.41, 5.74) is 2.22. The van der Waals surface area contributed by atoms with Crippen molar-refractivity contribution < 1.29 is 39.0 Å². The summed E-state index contributed by atoms with van der Waals surface area (Å²) in [6.45, 7) is 2.20. The monoisotopic (exact) mass is 637 g/mol. The molecular weight excluding hydrogens is 613 g/mol. The summed E-state index contributed by atoms with van der Waals surface area (Å²) in [5.74, 6) is 0.194. The van der Waals surface area contributed by atoms with Gasteiger partial charge in [-0.3, -0.25) is 4.90 Å². The fourth-order valence-corrected chi connectivity index (χ4v) is 5.91. The highest BCUT2D eigenvalue weighted by atomic mass is 35.5. The molecular formula is C24H25ClF4N5O5PS. The Morgan fingerprint density at radius 3 is 2.49 bits per heavy atom. The summed E-state index contributed by atoms with van der Waals surface area (Å²) in [4.78, 5) is 9.84. The van der Waals surface area contributed by atoms with Gasteiger partial charge in [-0.15, -0.1) is 0 Å². The number of rotatable bonds is 9. The maximum Gasteiger partial charge on any atom is 0.488 e. The van der Waals surface area contributed by atoms with Crippen LogP contribution in [0.25, 0.3) is 0 Å². The molecule has 0 spiro atoms. The van der Waals surface area contributed by atoms with Gasteiger partial charge in [-0.1, -0.05) is 15.5 Å². The van der Waals surface area contributed by atoms with E-state index in [1.165, 1.54) is 37.6 Å². The molecule has 1 aromatic heterocycles. The maximum absolute atomic E-state index is 13.0. The van der Waals surface area contributed by atoms with Gasteiger partial charge in [-0.2, -0.15) is 26.6 Å². The summed E-state index contributed by atoms with van der Waals surface area (Å²) in [5, 5.41) is 6.15. The second-order valence-corrected chi connectivity index (χ2v) is 14.1. The summed E-state index contributed by atoms with van der Waals surface area (Å²) < 4.78 is 96.3. The molecule has 2 heterocycles. The summed E-state index contributed by atoms with van der Waals surface area (Å²) in [6, 6.07) is 7.06. The minimum Gasteiger partial charge on any atom is -0.495 e. The molecule has 3 aromatic rings. The highest BCUT2D eigenvalue weighted by molar-refractivity contribution is 7.81. The number of fused-ring (bicyclic) bond motifs is 1. The van der Waals surface area contributed by atoms with E-state index in [-0.39, 0.29) is 46.6 Å². The Kier molecular flexibility index (Phi) is 8.74. The second kappa shape index (κ2) is 11.6. The molecule has 1 aliphatic rings. The third kappa shape index (κ3) is 8.22. The van der Waals surface area contributed by atoms with Crippen molar-refractivity contribution in [2.75, 3.05) is 44.2 Å². The first kappa shape index (κ1) is 30.8. The van der Waals surface area contributed by atoms with Crippen molar-refractivity contribution in [1.82, 2.24) is 14.9 Å². The van der Waals surface area contributed by atoms with Gasteiger partial charge in [0.15, 0.2) is 5.82 Å². The van der Waals surface area contributed by atoms with Crippen LogP contribution in [-0.4, -0.2) is 63.0 Å². The number of benzene rings is 2. The average molecular weight is 638 g/mol. The Morgan fingerprint density at radius 1 is 1.12 bits per heavy atom. The Balaban J connectivity index is 1.63. The molecule has 0 aliphatic carbocycles. The maximum atomic E-state index is 13.0. The Labute approximate surface area is 238 Å². The van der Waals surface area contributed by atoms with Gasteiger partial charge in [0.1, 0.15) is 23.7 Å². The van der Waals surface area contributed by atoms with Crippen LogP contribution in [-0.2, 0) is 28.0 Å². The van der Waals surface area contributed by atoms with E-state index in [2.05, 4.69) is 24.8 Å². The summed E-state index contributed by atoms with van der Waals surface area (Å²) >= 11 is 6.30. The molecule has 0 amide bonds. The van der Waals surface area contributed by atoms with Crippen LogP contribution in [0.2, 0.25) is 5.02 Å². The number of anilines is 4. The van der Waals surface area contributed by atoms with Crippen molar-refractivity contribution in [2.45, 2.75) is 19.1 Å². The average Bonchev–Trinajstić information content (AvgIpc) is 2.84. The Bertz CT molecular complexity index is 1620. The third-order valence-corrected chi connectivity index (χ3v) is 8.20. The summed E-state index contributed by atoms with van der Waals surface area (Å²) in [6.07, 6.45) is -2.60. The lowest BCUT2D eigenvalue weighted by Crippen LogP contribution is -2.38. The predicted octanol–water partition coefficient (Wildman–Crippen LogP) is 5.39. The van der Waals surface area contributed by atoms with E-state index in [4.69, 9.17) is 16.3 Å². The Hall–Kier alpha value is -3.13. The van der Waals surface area contributed by atoms with Crippen molar-refractivity contribution in [3.05, 3.63) is 52.7 Å². The molecule has 17 heteroatoms. The lowest BCUT2D eigenvalue weighted by Gasteiger charge is -2.30. The van der Waals surface area contributed by atoms with E-state index in [1.807, 2.05) is 0 Å². The first-order valence-corrected chi connectivity index (χ1v) is 16.2. The number of hydrogen-bond acceptors (Lipinski definition) is 10. The van der Waals surface area contributed by atoms with Gasteiger partial charge in [-0.05, 0) is 61.2 Å². The molecule has 0 unspecified atom stereocenters. The fourth-order valence-electron chi connectivity index (χ4n) is 4.29. The topological polar surface area (TPSA) is 123 Å². The highest BCUT2D eigenvalue weighted by Crippen LogP contribution is 2.41. The normalized spacial score (nSPS) is 14.3. The minimum absolute atomic E-state index is 0.0549. The SMILES string of the molecule is COc1cc2c(cc1Nc1ncc(Cl)c(Nc3ccc(OS(=O)(=O)F)cc3P(C)(C)=O)n1)CN(CC(F)(F)F)CC2. The predicted molar refractivity (Wildman–Crippen MR) is 148 cm³/mol. The number of nitrogens with zero attached hydrogens (tertiary/aromatic N) is 3. The van der Waals surface area contributed by atoms with Crippen molar-refractivity contribution >= 4 is 57.7 Å². The molecule has 10 nitrogen and oxygen atoms in total. The molecule has 1 aliphatic heterocycles. The number of ether oxygens (including phenoxy) is 1. The molecule has 41 heavy (non-hydrogen) atoms. The van der Waals surface area contributed by atoms with Crippen LogP contribution in [0.5, 0.6) is 11.5 Å². The van der Waals surface area contributed by atoms with E-state index in [9.17, 15) is 30.0 Å². The molecule has 0 bridgehead atoms. The molecule has 0 fully saturated rings. The lowest BCUT2D eigenvalue weighted by molar-refractivity contribution is -0.147. The van der Waals surface area contributed by atoms with Crippen LogP contribution < -0.4 is 24.9 Å². The Morgan fingerprint density at radius 2 is 1.85 bits per heavy atom. The standard InChI is InChI=1S/C24H25ClF4N5O5PS/c1-38-20-9-14-6-7-34(13-24(26,27)28)12-15(14)8-19(20)32-23-30-11-17(25)22(33-23)31-18-5-4-16(39-41(29,36)37)10-21(18)40(2,3)35/h4-5,8-11H,6-7,12-13H2,1-3H3,(H2,30,31,32,33).